The van der Waals surface area contributed by atoms with Crippen LogP contribution in [0.4, 0.5) is 5.82 Å². The molecular weight excluding hydrogens is 516 g/mol. The van der Waals surface area contributed by atoms with E-state index in [1.54, 1.807) is 10.9 Å². The molecule has 2 saturated heterocycles. The highest BCUT2D eigenvalue weighted by Crippen LogP contribution is 2.56. The van der Waals surface area contributed by atoms with Crippen molar-refractivity contribution in [1.82, 2.24) is 19.5 Å². The molecule has 2 aromatic rings. The lowest BCUT2D eigenvalue weighted by Gasteiger charge is -2.24. The van der Waals surface area contributed by atoms with Gasteiger partial charge < -0.3 is 24.3 Å². The number of halogens is 3. The molecule has 4 heterocycles. The van der Waals surface area contributed by atoms with Crippen LogP contribution in [0.5, 0.6) is 0 Å². The summed E-state index contributed by atoms with van der Waals surface area (Å²) in [5, 5.41) is 3.57. The molecule has 0 amide bonds. The fraction of sp³-hybridized carbons (Fsp3) is 0.737. The molecule has 0 radical (unpaired) electrons. The van der Waals surface area contributed by atoms with Crippen molar-refractivity contribution in [2.75, 3.05) is 18.3 Å². The van der Waals surface area contributed by atoms with Gasteiger partial charge in [0.05, 0.1) is 12.9 Å². The number of anilines is 1. The lowest BCUT2D eigenvalue weighted by molar-refractivity contribution is -0.201. The summed E-state index contributed by atoms with van der Waals surface area (Å²) in [6, 6.07) is 0.338. The molecule has 1 aliphatic carbocycles. The number of rotatable bonds is 7. The predicted molar refractivity (Wildman–Crippen MR) is 124 cm³/mol. The van der Waals surface area contributed by atoms with Crippen LogP contribution in [0.25, 0.3) is 11.2 Å². The van der Waals surface area contributed by atoms with Crippen LogP contribution >= 0.6 is 39.9 Å². The number of hydrogen-bond acceptors (Lipinski definition) is 9. The molecule has 10 nitrogen and oxygen atoms in total. The minimum atomic E-state index is -3.36. The zero-order valence-corrected chi connectivity index (χ0v) is 21.3. The smallest absolute Gasteiger partial charge is 0.277 e. The van der Waals surface area contributed by atoms with Crippen molar-refractivity contribution < 1.29 is 23.5 Å². The Kier molecular flexibility index (Phi) is 6.59. The number of fused-ring (bicyclic) bond motifs is 2. The molecule has 182 valence electrons. The van der Waals surface area contributed by atoms with E-state index in [0.717, 1.165) is 12.8 Å². The van der Waals surface area contributed by atoms with Gasteiger partial charge in [-0.25, -0.2) is 4.98 Å². The van der Waals surface area contributed by atoms with Gasteiger partial charge in [0.15, 0.2) is 29.0 Å². The number of hydrogen-bond donors (Lipinski definition) is 1. The molecule has 3 fully saturated rings. The first-order valence-corrected chi connectivity index (χ1v) is 14.9. The first kappa shape index (κ1) is 24.0. The standard InChI is InChI=1S/C19H25Cl3N5O5P/c1-19(2)31-13-11(7-29-9-33(21,22)28)30-17(14(13)32-19)27-8-23-12-15(24-10-5-3-4-6-10)25-18(20)26-16(12)27/h8,10-11,13-14,17H,3-7,9H2,1-2H3,(H,24,25,26)/t11-,13-,14-,17-/m1/s1. The maximum atomic E-state index is 11.6. The predicted octanol–water partition coefficient (Wildman–Crippen LogP) is 4.90. The van der Waals surface area contributed by atoms with Gasteiger partial charge in [-0.15, -0.1) is 0 Å². The summed E-state index contributed by atoms with van der Waals surface area (Å²) in [4.78, 5) is 13.3. The molecule has 0 spiro atoms. The summed E-state index contributed by atoms with van der Waals surface area (Å²) in [6.45, 7) is 3.75. The maximum Gasteiger partial charge on any atom is 0.277 e. The minimum absolute atomic E-state index is 0.0807. The van der Waals surface area contributed by atoms with Gasteiger partial charge >= 0.3 is 0 Å². The zero-order chi connectivity index (χ0) is 23.4. The van der Waals surface area contributed by atoms with Crippen LogP contribution in [0, 0.1) is 0 Å². The Hall–Kier alpha value is -0.710. The lowest BCUT2D eigenvalue weighted by atomic mass is 10.1. The van der Waals surface area contributed by atoms with Crippen molar-refractivity contribution in [3.8, 4) is 0 Å². The van der Waals surface area contributed by atoms with Crippen LogP contribution in [-0.2, 0) is 23.5 Å². The maximum absolute atomic E-state index is 11.6. The molecule has 14 heteroatoms. The van der Waals surface area contributed by atoms with Gasteiger partial charge in [0.1, 0.15) is 24.7 Å². The van der Waals surface area contributed by atoms with Crippen molar-refractivity contribution in [2.45, 2.75) is 75.9 Å². The molecule has 0 aromatic carbocycles. The molecule has 0 bridgehead atoms. The average molecular weight is 541 g/mol. The van der Waals surface area contributed by atoms with Crippen LogP contribution < -0.4 is 5.32 Å². The number of aromatic nitrogens is 4. The molecule has 1 N–H and O–H groups in total. The van der Waals surface area contributed by atoms with E-state index in [-0.39, 0.29) is 18.2 Å². The van der Waals surface area contributed by atoms with Crippen LogP contribution in [0.15, 0.2) is 6.33 Å². The molecule has 4 atom stereocenters. The number of ether oxygens (including phenoxy) is 4. The average Bonchev–Trinajstić information content (AvgIpc) is 3.46. The van der Waals surface area contributed by atoms with Gasteiger partial charge in [0, 0.05) is 6.04 Å². The molecule has 5 rings (SSSR count). The second-order valence-corrected chi connectivity index (χ2v) is 14.5. The fourth-order valence-corrected chi connectivity index (χ4v) is 5.63. The van der Waals surface area contributed by atoms with Crippen LogP contribution in [0.1, 0.15) is 45.8 Å². The van der Waals surface area contributed by atoms with E-state index in [1.807, 2.05) is 13.8 Å². The van der Waals surface area contributed by atoms with E-state index in [4.69, 9.17) is 53.0 Å². The molecule has 33 heavy (non-hydrogen) atoms. The monoisotopic (exact) mass is 539 g/mol. The van der Waals surface area contributed by atoms with E-state index in [9.17, 15) is 4.57 Å². The Morgan fingerprint density at radius 1 is 1.24 bits per heavy atom. The van der Waals surface area contributed by atoms with Crippen LogP contribution in [0.3, 0.4) is 0 Å². The Labute approximate surface area is 205 Å². The van der Waals surface area contributed by atoms with Gasteiger partial charge in [-0.05, 0) is 60.8 Å². The molecule has 1 saturated carbocycles. The Morgan fingerprint density at radius 3 is 2.70 bits per heavy atom. The molecule has 3 aliphatic rings. The van der Waals surface area contributed by atoms with Crippen molar-refractivity contribution in [3.63, 3.8) is 0 Å². The molecule has 0 unspecified atom stereocenters. The van der Waals surface area contributed by atoms with Crippen molar-refractivity contribution in [2.24, 2.45) is 0 Å². The van der Waals surface area contributed by atoms with Crippen molar-refractivity contribution in [1.29, 1.82) is 0 Å². The quantitative estimate of drug-likeness (QED) is 0.387. The first-order chi connectivity index (χ1) is 15.6. The molecular formula is C19H25Cl3N5O5P. The summed E-state index contributed by atoms with van der Waals surface area (Å²) in [5.74, 6) is -3.57. The van der Waals surface area contributed by atoms with Gasteiger partial charge in [-0.3, -0.25) is 9.13 Å². The van der Waals surface area contributed by atoms with E-state index in [0.29, 0.717) is 23.0 Å². The lowest BCUT2D eigenvalue weighted by Crippen LogP contribution is -2.33. The van der Waals surface area contributed by atoms with Gasteiger partial charge in [0.25, 0.3) is 5.85 Å². The molecule has 2 aliphatic heterocycles. The van der Waals surface area contributed by atoms with Crippen LogP contribution in [0.2, 0.25) is 5.28 Å². The Balaban J connectivity index is 1.43. The summed E-state index contributed by atoms with van der Waals surface area (Å²) < 4.78 is 37.3. The second-order valence-electron chi connectivity index (χ2n) is 8.99. The normalized spacial score (nSPS) is 29.7. The fourth-order valence-electron chi connectivity index (χ4n) is 4.73. The molecule has 2 aromatic heterocycles. The Morgan fingerprint density at radius 2 is 1.97 bits per heavy atom. The van der Waals surface area contributed by atoms with Gasteiger partial charge in [-0.2, -0.15) is 9.97 Å². The third kappa shape index (κ3) is 5.14. The number of nitrogens with one attached hydrogen (secondary N) is 1. The highest BCUT2D eigenvalue weighted by Gasteiger charge is 2.56. The first-order valence-electron chi connectivity index (χ1n) is 10.8. The third-order valence-corrected chi connectivity index (χ3v) is 7.25. The second kappa shape index (κ2) is 9.06. The topological polar surface area (TPSA) is 110 Å². The van der Waals surface area contributed by atoms with E-state index >= 15 is 0 Å². The van der Waals surface area contributed by atoms with E-state index < -0.39 is 36.2 Å². The van der Waals surface area contributed by atoms with Crippen molar-refractivity contribution >= 4 is 56.9 Å². The van der Waals surface area contributed by atoms with Crippen LogP contribution in [-0.4, -0.2) is 62.6 Å². The summed E-state index contributed by atoms with van der Waals surface area (Å²) >= 11 is 17.5. The number of nitrogens with zero attached hydrogens (tertiary/aromatic N) is 4. The third-order valence-electron chi connectivity index (χ3n) is 6.01. The van der Waals surface area contributed by atoms with Gasteiger partial charge in [0.2, 0.25) is 5.28 Å². The summed E-state index contributed by atoms with van der Waals surface area (Å²) in [7, 11) is 0. The summed E-state index contributed by atoms with van der Waals surface area (Å²) in [6.07, 6.45) is 3.91. The van der Waals surface area contributed by atoms with Gasteiger partial charge in [-0.1, -0.05) is 12.8 Å². The van der Waals surface area contributed by atoms with E-state index in [1.165, 1.54) is 12.8 Å². The largest absolute Gasteiger partial charge is 0.368 e. The van der Waals surface area contributed by atoms with E-state index in [2.05, 4.69) is 20.3 Å². The highest BCUT2D eigenvalue weighted by atomic mass is 35.9. The minimum Gasteiger partial charge on any atom is -0.368 e. The summed E-state index contributed by atoms with van der Waals surface area (Å²) in [5.41, 5.74) is 1.13. The van der Waals surface area contributed by atoms with Crippen molar-refractivity contribution in [3.05, 3.63) is 11.6 Å². The Bertz CT molecular complexity index is 1080. The number of imidazole rings is 1. The zero-order valence-electron chi connectivity index (χ0n) is 18.1. The highest BCUT2D eigenvalue weighted by molar-refractivity contribution is 8.08. The SMILES string of the molecule is CC1(C)O[C@@H]2[C@H](O1)[C@@H](COCP(=O)(Cl)Cl)O[C@H]2n1cnc2c(NC3CCCC3)nc(Cl)nc21.